The van der Waals surface area contributed by atoms with E-state index in [-0.39, 0.29) is 11.7 Å². The molecule has 0 atom stereocenters. The van der Waals surface area contributed by atoms with E-state index in [1.807, 2.05) is 62.4 Å². The number of thioether (sulfide) groups is 1. The minimum atomic E-state index is -0.135. The second kappa shape index (κ2) is 8.53. The van der Waals surface area contributed by atoms with Crippen molar-refractivity contribution in [2.75, 3.05) is 17.7 Å². The maximum atomic E-state index is 12.2. The summed E-state index contributed by atoms with van der Waals surface area (Å²) in [6.45, 7) is 4.48. The highest BCUT2D eigenvalue weighted by atomic mass is 32.2. The van der Waals surface area contributed by atoms with Gasteiger partial charge in [-0.3, -0.25) is 9.89 Å². The first-order valence-electron chi connectivity index (χ1n) is 8.29. The molecule has 0 saturated carbocycles. The van der Waals surface area contributed by atoms with Crippen LogP contribution in [0.3, 0.4) is 0 Å². The van der Waals surface area contributed by atoms with Crippen molar-refractivity contribution in [3.63, 3.8) is 0 Å². The van der Waals surface area contributed by atoms with Crippen LogP contribution in [0.5, 0.6) is 5.75 Å². The predicted octanol–water partition coefficient (Wildman–Crippen LogP) is 3.91. The molecular weight excluding hydrogens is 348 g/mol. The molecule has 0 aliphatic rings. The summed E-state index contributed by atoms with van der Waals surface area (Å²) in [6.07, 6.45) is 0. The van der Waals surface area contributed by atoms with Crippen molar-refractivity contribution in [3.8, 4) is 17.1 Å². The number of rotatable bonds is 7. The molecule has 0 bridgehead atoms. The van der Waals surface area contributed by atoms with Gasteiger partial charge in [0.1, 0.15) is 5.75 Å². The van der Waals surface area contributed by atoms with Crippen molar-refractivity contribution in [1.82, 2.24) is 15.2 Å². The normalized spacial score (nSPS) is 10.5. The molecule has 0 aliphatic heterocycles. The van der Waals surface area contributed by atoms with Crippen LogP contribution in [0.25, 0.3) is 11.4 Å². The second-order valence-electron chi connectivity index (χ2n) is 5.60. The molecule has 1 aromatic heterocycles. The zero-order valence-corrected chi connectivity index (χ0v) is 15.5. The van der Waals surface area contributed by atoms with Crippen LogP contribution < -0.4 is 10.1 Å². The number of ether oxygens (including phenoxy) is 1. The zero-order valence-electron chi connectivity index (χ0n) is 14.7. The van der Waals surface area contributed by atoms with Crippen LogP contribution in [0.4, 0.5) is 5.69 Å². The molecule has 0 saturated heterocycles. The van der Waals surface area contributed by atoms with Crippen molar-refractivity contribution in [3.05, 3.63) is 54.1 Å². The summed E-state index contributed by atoms with van der Waals surface area (Å²) in [6, 6.07) is 15.4. The monoisotopic (exact) mass is 368 g/mol. The van der Waals surface area contributed by atoms with Crippen molar-refractivity contribution in [1.29, 1.82) is 0 Å². The van der Waals surface area contributed by atoms with Gasteiger partial charge in [0.2, 0.25) is 11.1 Å². The van der Waals surface area contributed by atoms with E-state index in [1.54, 1.807) is 0 Å². The molecule has 0 aliphatic carbocycles. The lowest BCUT2D eigenvalue weighted by atomic mass is 10.1. The Bertz CT molecular complexity index is 877. The van der Waals surface area contributed by atoms with Crippen LogP contribution in [0.15, 0.2) is 53.7 Å². The Kier molecular flexibility index (Phi) is 5.91. The molecule has 0 unspecified atom stereocenters. The van der Waals surface area contributed by atoms with Crippen LogP contribution in [0.2, 0.25) is 0 Å². The number of benzene rings is 2. The van der Waals surface area contributed by atoms with Crippen LogP contribution in [-0.2, 0) is 4.79 Å². The lowest BCUT2D eigenvalue weighted by Gasteiger charge is -2.10. The number of aryl methyl sites for hydroxylation is 1. The molecule has 7 heteroatoms. The van der Waals surface area contributed by atoms with E-state index in [1.165, 1.54) is 17.3 Å². The van der Waals surface area contributed by atoms with Gasteiger partial charge in [0.05, 0.1) is 18.0 Å². The fourth-order valence-electron chi connectivity index (χ4n) is 2.32. The van der Waals surface area contributed by atoms with Crippen molar-refractivity contribution in [2.45, 2.75) is 19.0 Å². The Morgan fingerprint density at radius 2 is 1.96 bits per heavy atom. The minimum Gasteiger partial charge on any atom is -0.492 e. The van der Waals surface area contributed by atoms with Gasteiger partial charge in [-0.2, -0.15) is 0 Å². The summed E-state index contributed by atoms with van der Waals surface area (Å²) in [5, 5.41) is 10.5. The lowest BCUT2D eigenvalue weighted by Crippen LogP contribution is -2.15. The molecule has 2 N–H and O–H groups in total. The summed E-state index contributed by atoms with van der Waals surface area (Å²) in [5.41, 5.74) is 2.81. The lowest BCUT2D eigenvalue weighted by molar-refractivity contribution is -0.113. The van der Waals surface area contributed by atoms with Gasteiger partial charge in [0.15, 0.2) is 5.82 Å². The first-order valence-corrected chi connectivity index (χ1v) is 9.28. The number of amides is 1. The Morgan fingerprint density at radius 1 is 1.19 bits per heavy atom. The van der Waals surface area contributed by atoms with Crippen LogP contribution in [0, 0.1) is 6.92 Å². The van der Waals surface area contributed by atoms with Crippen LogP contribution in [-0.4, -0.2) is 33.4 Å². The maximum Gasteiger partial charge on any atom is 0.234 e. The molecule has 1 amide bonds. The topological polar surface area (TPSA) is 79.9 Å². The van der Waals surface area contributed by atoms with E-state index >= 15 is 0 Å². The first kappa shape index (κ1) is 18.0. The molecule has 2 aromatic carbocycles. The number of carbonyl (C=O) groups is 1. The van der Waals surface area contributed by atoms with Gasteiger partial charge in [0.25, 0.3) is 0 Å². The third-order valence-corrected chi connectivity index (χ3v) is 4.43. The number of H-pyrrole nitrogens is 1. The Morgan fingerprint density at radius 3 is 2.73 bits per heavy atom. The van der Waals surface area contributed by atoms with E-state index in [2.05, 4.69) is 20.5 Å². The summed E-state index contributed by atoms with van der Waals surface area (Å²) in [5.74, 6) is 1.43. The highest BCUT2D eigenvalue weighted by molar-refractivity contribution is 7.99. The fourth-order valence-corrected chi connectivity index (χ4v) is 2.92. The maximum absolute atomic E-state index is 12.2. The molecule has 6 nitrogen and oxygen atoms in total. The van der Waals surface area contributed by atoms with Gasteiger partial charge in [-0.25, -0.2) is 4.98 Å². The molecule has 3 rings (SSSR count). The minimum absolute atomic E-state index is 0.135. The second-order valence-corrected chi connectivity index (χ2v) is 6.54. The smallest absolute Gasteiger partial charge is 0.234 e. The Hall–Kier alpha value is -2.80. The van der Waals surface area contributed by atoms with Crippen molar-refractivity contribution < 1.29 is 9.53 Å². The quantitative estimate of drug-likeness (QED) is 0.618. The number of para-hydroxylation sites is 2. The van der Waals surface area contributed by atoms with E-state index in [0.29, 0.717) is 29.0 Å². The van der Waals surface area contributed by atoms with Crippen molar-refractivity contribution >= 4 is 23.4 Å². The summed E-state index contributed by atoms with van der Waals surface area (Å²) in [4.78, 5) is 16.6. The number of hydrogen-bond donors (Lipinski definition) is 2. The molecule has 0 fully saturated rings. The third-order valence-electron chi connectivity index (χ3n) is 3.58. The molecular formula is C19H20N4O2S. The number of aromatic amines is 1. The fraction of sp³-hybridized carbons (Fsp3) is 0.211. The summed E-state index contributed by atoms with van der Waals surface area (Å²) in [7, 11) is 0. The predicted molar refractivity (Wildman–Crippen MR) is 104 cm³/mol. The molecule has 134 valence electrons. The molecule has 0 radical (unpaired) electrons. The van der Waals surface area contributed by atoms with Gasteiger partial charge in [-0.15, -0.1) is 5.10 Å². The third kappa shape index (κ3) is 4.64. The van der Waals surface area contributed by atoms with E-state index < -0.39 is 0 Å². The molecule has 0 spiro atoms. The average molecular weight is 368 g/mol. The van der Waals surface area contributed by atoms with Crippen LogP contribution >= 0.6 is 11.8 Å². The zero-order chi connectivity index (χ0) is 18.4. The van der Waals surface area contributed by atoms with E-state index in [9.17, 15) is 4.79 Å². The number of nitrogens with zero attached hydrogens (tertiary/aromatic N) is 2. The van der Waals surface area contributed by atoms with Gasteiger partial charge >= 0.3 is 0 Å². The highest BCUT2D eigenvalue weighted by Crippen LogP contribution is 2.24. The standard InChI is InChI=1S/C19H20N4O2S/c1-3-25-16-7-5-4-6-15(16)20-17(24)12-26-19-21-18(22-23-19)14-10-8-13(2)9-11-14/h4-11H,3,12H2,1-2H3,(H,20,24)(H,21,22,23). The summed E-state index contributed by atoms with van der Waals surface area (Å²) < 4.78 is 5.51. The largest absolute Gasteiger partial charge is 0.492 e. The molecule has 26 heavy (non-hydrogen) atoms. The summed E-state index contributed by atoms with van der Waals surface area (Å²) >= 11 is 1.28. The van der Waals surface area contributed by atoms with Gasteiger partial charge in [0, 0.05) is 5.56 Å². The number of anilines is 1. The van der Waals surface area contributed by atoms with Gasteiger partial charge < -0.3 is 10.1 Å². The van der Waals surface area contributed by atoms with Crippen molar-refractivity contribution in [2.24, 2.45) is 0 Å². The average Bonchev–Trinajstić information content (AvgIpc) is 3.11. The van der Waals surface area contributed by atoms with Gasteiger partial charge in [-0.1, -0.05) is 53.7 Å². The van der Waals surface area contributed by atoms with E-state index in [0.717, 1.165) is 5.56 Å². The van der Waals surface area contributed by atoms with Gasteiger partial charge in [-0.05, 0) is 26.0 Å². The van der Waals surface area contributed by atoms with Crippen LogP contribution in [0.1, 0.15) is 12.5 Å². The molecule has 3 aromatic rings. The Labute approximate surface area is 156 Å². The first-order chi connectivity index (χ1) is 12.7. The number of aromatic nitrogens is 3. The number of nitrogens with one attached hydrogen (secondary N) is 2. The Balaban J connectivity index is 1.58. The number of carbonyl (C=O) groups excluding carboxylic acids is 1. The SMILES string of the molecule is CCOc1ccccc1NC(=O)CSc1n[nH]c(-c2ccc(C)cc2)n1. The van der Waals surface area contributed by atoms with E-state index in [4.69, 9.17) is 4.74 Å². The number of hydrogen-bond acceptors (Lipinski definition) is 5. The highest BCUT2D eigenvalue weighted by Gasteiger charge is 2.11. The molecule has 1 heterocycles.